The number of aryl methyl sites for hydroxylation is 2. The molecule has 0 heterocycles. The molecule has 31 heavy (non-hydrogen) atoms. The van der Waals surface area contributed by atoms with Crippen LogP contribution in [0.5, 0.6) is 0 Å². The van der Waals surface area contributed by atoms with Gasteiger partial charge in [0.2, 0.25) is 0 Å². The van der Waals surface area contributed by atoms with Gasteiger partial charge in [-0.1, -0.05) is 0 Å². The van der Waals surface area contributed by atoms with Gasteiger partial charge >= 0.3 is 188 Å². The van der Waals surface area contributed by atoms with Gasteiger partial charge in [0.25, 0.3) is 0 Å². The second-order valence-electron chi connectivity index (χ2n) is 9.30. The first-order valence-corrected chi connectivity index (χ1v) is 15.4. The third-order valence-electron chi connectivity index (χ3n) is 6.71. The van der Waals surface area contributed by atoms with E-state index in [0.717, 1.165) is 0 Å². The summed E-state index contributed by atoms with van der Waals surface area (Å²) in [6.45, 7) is 12.1. The molecule has 1 aromatic rings. The Labute approximate surface area is 224 Å². The average molecular weight is 536 g/mol. The number of allylic oxidation sites excluding steroid dienone is 4. The fourth-order valence-corrected chi connectivity index (χ4v) is 8.54. The maximum Gasteiger partial charge on any atom is -1.00 e. The van der Waals surface area contributed by atoms with Crippen LogP contribution in [-0.4, -0.2) is 8.07 Å². The van der Waals surface area contributed by atoms with Crippen LogP contribution < -0.4 is 42.4 Å². The van der Waals surface area contributed by atoms with Crippen molar-refractivity contribution in [2.45, 2.75) is 101 Å². The van der Waals surface area contributed by atoms with Crippen LogP contribution in [0.1, 0.15) is 83.3 Å². The van der Waals surface area contributed by atoms with Crippen molar-refractivity contribution >= 4 is 13.3 Å². The van der Waals surface area contributed by atoms with E-state index in [-0.39, 0.29) is 40.6 Å². The number of hydrogen-bond acceptors (Lipinski definition) is 0. The summed E-state index contributed by atoms with van der Waals surface area (Å²) >= 11 is 2.48. The van der Waals surface area contributed by atoms with Gasteiger partial charge in [0.05, 0.1) is 0 Å². The van der Waals surface area contributed by atoms with Crippen molar-refractivity contribution < 1.29 is 57.7 Å². The fraction of sp³-hybridized carbons (Fsp3) is 0.615. The number of unbranched alkanes of at least 4 members (excludes halogenated alkanes) is 6. The summed E-state index contributed by atoms with van der Waals surface area (Å²) in [4.78, 5) is 0. The molecule has 0 N–H and O–H groups in total. The molecule has 0 aliphatic heterocycles. The van der Waals surface area contributed by atoms with Gasteiger partial charge in [-0.15, -0.1) is 0 Å². The first kappa shape index (κ1) is 33.7. The normalized spacial score (nSPS) is 17.5. The summed E-state index contributed by atoms with van der Waals surface area (Å²) in [6, 6.07) is 7.69. The van der Waals surface area contributed by atoms with Crippen molar-refractivity contribution in [3.8, 4) is 0 Å². The molecular formula is C26H41Cl3SiTi. The molecule has 1 aromatic carbocycles. The molecule has 5 heteroatoms. The summed E-state index contributed by atoms with van der Waals surface area (Å²) in [7, 11) is -1.66. The molecule has 1 aliphatic carbocycles. The van der Waals surface area contributed by atoms with Crippen LogP contribution in [0.25, 0.3) is 0 Å². The Kier molecular flexibility index (Phi) is 17.6. The molecule has 0 nitrogen and oxygen atoms in total. The monoisotopic (exact) mass is 534 g/mol. The first-order valence-electron chi connectivity index (χ1n) is 11.6. The Balaban J connectivity index is 0. The smallest absolute Gasteiger partial charge is 1.00 e. The summed E-state index contributed by atoms with van der Waals surface area (Å²) < 4.78 is 0.243. The van der Waals surface area contributed by atoms with E-state index >= 15 is 0 Å². The second kappa shape index (κ2) is 16.2. The number of hydrogen-bond donors (Lipinski definition) is 0. The minimum atomic E-state index is -1.66. The third kappa shape index (κ3) is 8.99. The van der Waals surface area contributed by atoms with Gasteiger partial charge in [-0.2, -0.15) is 0 Å². The molecule has 1 atom stereocenters. The van der Waals surface area contributed by atoms with Crippen LogP contribution in [0.4, 0.5) is 0 Å². The summed E-state index contributed by atoms with van der Waals surface area (Å²) in [5.74, 6) is 0. The zero-order valence-electron chi connectivity index (χ0n) is 20.2. The van der Waals surface area contributed by atoms with Crippen LogP contribution in [-0.2, 0) is 33.3 Å². The van der Waals surface area contributed by atoms with Crippen molar-refractivity contribution in [1.82, 2.24) is 0 Å². The Morgan fingerprint density at radius 3 is 1.65 bits per heavy atom. The quantitative estimate of drug-likeness (QED) is 0.229. The molecule has 2 rings (SSSR count). The molecule has 0 saturated heterocycles. The second-order valence-corrected chi connectivity index (χ2v) is 15.9. The van der Waals surface area contributed by atoms with E-state index in [1.54, 1.807) is 21.9 Å². The molecule has 174 valence electrons. The van der Waals surface area contributed by atoms with E-state index in [1.165, 1.54) is 64.2 Å². The van der Waals surface area contributed by atoms with Gasteiger partial charge in [-0.05, 0) is 0 Å². The molecule has 1 aliphatic rings. The molecule has 0 radical (unpaired) electrons. The maximum absolute atomic E-state index is 2.58. The molecule has 0 spiro atoms. The number of halogens is 3. The minimum absolute atomic E-state index is 0. The molecule has 1 unspecified atom stereocenters. The first-order chi connectivity index (χ1) is 13.3. The maximum atomic E-state index is 2.58. The summed E-state index contributed by atoms with van der Waals surface area (Å²) in [5.41, 5.74) is 4.72. The summed E-state index contributed by atoms with van der Waals surface area (Å²) in [5, 5.41) is 1.66. The van der Waals surface area contributed by atoms with Crippen molar-refractivity contribution in [3.05, 3.63) is 53.1 Å². The molecule has 0 amide bonds. The Morgan fingerprint density at radius 1 is 0.774 bits per heavy atom. The zero-order chi connectivity index (χ0) is 20.6. The molecule has 0 bridgehead atoms. The van der Waals surface area contributed by atoms with E-state index in [9.17, 15) is 0 Å². The number of rotatable bonds is 12. The van der Waals surface area contributed by atoms with Gasteiger partial charge in [0, 0.05) is 0 Å². The fourth-order valence-electron chi connectivity index (χ4n) is 4.45. The number of benzene rings is 1. The van der Waals surface area contributed by atoms with Crippen molar-refractivity contribution in [2.75, 3.05) is 0 Å². The molecule has 0 fully saturated rings. The van der Waals surface area contributed by atoms with Gasteiger partial charge < -0.3 is 37.2 Å². The molecular weight excluding hydrogens is 495 g/mol. The zero-order valence-corrected chi connectivity index (χ0v) is 25.0. The molecule has 0 aromatic heterocycles. The Hall–Kier alpha value is 0.501. The molecule has 0 saturated carbocycles. The van der Waals surface area contributed by atoms with E-state index in [2.05, 4.69) is 90.7 Å². The predicted molar refractivity (Wildman–Crippen MR) is 125 cm³/mol. The SMILES string of the molecule is CCCCCCc1cc(CCCCCC)cc([Si](C)(C)[C]2([Ti+3])C=CC=C2C)c1.[Cl-].[Cl-].[Cl-]. The summed E-state index contributed by atoms with van der Waals surface area (Å²) in [6.07, 6.45) is 20.4. The van der Waals surface area contributed by atoms with Crippen LogP contribution in [0.2, 0.25) is 16.4 Å². The third-order valence-corrected chi connectivity index (χ3v) is 14.8. The minimum Gasteiger partial charge on any atom is -1.00 e. The van der Waals surface area contributed by atoms with E-state index in [4.69, 9.17) is 0 Å². The van der Waals surface area contributed by atoms with Crippen molar-refractivity contribution in [3.63, 3.8) is 0 Å². The standard InChI is InChI=1S/C26H41Si.3ClH.Ti/c1-6-8-10-12-16-23-19-24(17-13-11-9-7-2)21-25(20-23)27(4,5)26-18-14-15-22(26)3;;;;/h14-15,18-21H,6-13,16-17H2,1-5H3;3*1H;/q;;;;+3/p-3. The van der Waals surface area contributed by atoms with Gasteiger partial charge in [0.1, 0.15) is 0 Å². The predicted octanol–water partition coefficient (Wildman–Crippen LogP) is -1.38. The van der Waals surface area contributed by atoms with Crippen LogP contribution >= 0.6 is 0 Å². The largest absolute Gasteiger partial charge is 1.00 e. The van der Waals surface area contributed by atoms with Gasteiger partial charge in [-0.25, -0.2) is 0 Å². The topological polar surface area (TPSA) is 0 Å². The Bertz CT molecular complexity index is 670. The van der Waals surface area contributed by atoms with E-state index < -0.39 is 8.07 Å². The van der Waals surface area contributed by atoms with E-state index in [0.29, 0.717) is 0 Å². The van der Waals surface area contributed by atoms with Crippen LogP contribution in [0.15, 0.2) is 42.0 Å². The van der Waals surface area contributed by atoms with Gasteiger partial charge in [-0.3, -0.25) is 0 Å². The van der Waals surface area contributed by atoms with Crippen molar-refractivity contribution in [1.29, 1.82) is 0 Å². The van der Waals surface area contributed by atoms with Gasteiger partial charge in [0.15, 0.2) is 0 Å². The van der Waals surface area contributed by atoms with Crippen molar-refractivity contribution in [2.24, 2.45) is 0 Å². The Morgan fingerprint density at radius 2 is 1.26 bits per heavy atom. The van der Waals surface area contributed by atoms with Crippen LogP contribution in [0.3, 0.4) is 0 Å². The van der Waals surface area contributed by atoms with E-state index in [1.807, 2.05) is 0 Å². The van der Waals surface area contributed by atoms with Crippen LogP contribution in [0, 0.1) is 0 Å². The average Bonchev–Trinajstić information content (AvgIpc) is 3.03.